The van der Waals surface area contributed by atoms with Gasteiger partial charge in [0.2, 0.25) is 0 Å². The quantitative estimate of drug-likeness (QED) is 0.901. The SMILES string of the molecule is CC(CC1CCCN1C(=O)OC(C)(C)C)NCc1cncs1. The first kappa shape index (κ1) is 17.2. The number of thiazole rings is 1. The molecule has 0 saturated carbocycles. The van der Waals surface area contributed by atoms with Gasteiger partial charge in [0.1, 0.15) is 5.60 Å². The molecule has 2 unspecified atom stereocenters. The Balaban J connectivity index is 1.81. The van der Waals surface area contributed by atoms with E-state index in [4.69, 9.17) is 4.74 Å². The smallest absolute Gasteiger partial charge is 0.410 e. The zero-order valence-electron chi connectivity index (χ0n) is 14.0. The molecule has 1 amide bonds. The first-order valence-corrected chi connectivity index (χ1v) is 8.83. The fourth-order valence-electron chi connectivity index (χ4n) is 2.74. The fourth-order valence-corrected chi connectivity index (χ4v) is 3.28. The van der Waals surface area contributed by atoms with E-state index >= 15 is 0 Å². The van der Waals surface area contributed by atoms with E-state index in [1.807, 2.05) is 37.4 Å². The second-order valence-electron chi connectivity index (χ2n) is 6.96. The number of likely N-dealkylation sites (tertiary alicyclic amines) is 1. The van der Waals surface area contributed by atoms with Crippen molar-refractivity contribution in [2.24, 2.45) is 0 Å². The van der Waals surface area contributed by atoms with Crippen molar-refractivity contribution >= 4 is 17.4 Å². The standard InChI is InChI=1S/C16H27N3O2S/c1-12(18-10-14-9-17-11-22-14)8-13-6-5-7-19(13)15(20)21-16(2,3)4/h9,11-13,18H,5-8,10H2,1-4H3. The van der Waals surface area contributed by atoms with E-state index in [9.17, 15) is 4.79 Å². The Hall–Kier alpha value is -1.14. The van der Waals surface area contributed by atoms with Crippen LogP contribution in [0.3, 0.4) is 0 Å². The van der Waals surface area contributed by atoms with Crippen molar-refractivity contribution in [1.82, 2.24) is 15.2 Å². The van der Waals surface area contributed by atoms with E-state index in [2.05, 4.69) is 17.2 Å². The molecule has 2 heterocycles. The molecule has 22 heavy (non-hydrogen) atoms. The number of amides is 1. The summed E-state index contributed by atoms with van der Waals surface area (Å²) in [6.07, 6.45) is 4.80. The first-order chi connectivity index (χ1) is 10.3. The van der Waals surface area contributed by atoms with E-state index in [1.54, 1.807) is 11.3 Å². The van der Waals surface area contributed by atoms with Gasteiger partial charge in [0.25, 0.3) is 0 Å². The van der Waals surface area contributed by atoms with Gasteiger partial charge in [-0.1, -0.05) is 0 Å². The summed E-state index contributed by atoms with van der Waals surface area (Å²) in [6, 6.07) is 0.633. The topological polar surface area (TPSA) is 54.5 Å². The third-order valence-corrected chi connectivity index (χ3v) is 4.52. The summed E-state index contributed by atoms with van der Waals surface area (Å²) < 4.78 is 5.51. The molecule has 2 atom stereocenters. The van der Waals surface area contributed by atoms with Crippen LogP contribution >= 0.6 is 11.3 Å². The van der Waals surface area contributed by atoms with Gasteiger partial charge in [0.05, 0.1) is 5.51 Å². The molecule has 124 valence electrons. The van der Waals surface area contributed by atoms with Crippen molar-refractivity contribution in [3.8, 4) is 0 Å². The van der Waals surface area contributed by atoms with Crippen molar-refractivity contribution in [3.05, 3.63) is 16.6 Å². The van der Waals surface area contributed by atoms with Crippen LogP contribution in [0.5, 0.6) is 0 Å². The van der Waals surface area contributed by atoms with E-state index in [1.165, 1.54) is 4.88 Å². The number of hydrogen-bond acceptors (Lipinski definition) is 5. The predicted octanol–water partition coefficient (Wildman–Crippen LogP) is 3.41. The van der Waals surface area contributed by atoms with Crippen LogP contribution < -0.4 is 5.32 Å². The minimum absolute atomic E-state index is 0.176. The Labute approximate surface area is 137 Å². The maximum absolute atomic E-state index is 12.3. The Bertz CT molecular complexity index is 470. The molecule has 6 heteroatoms. The third-order valence-electron chi connectivity index (χ3n) is 3.74. The predicted molar refractivity (Wildman–Crippen MR) is 89.0 cm³/mol. The number of hydrogen-bond donors (Lipinski definition) is 1. The maximum Gasteiger partial charge on any atom is 0.410 e. The number of rotatable bonds is 5. The second-order valence-corrected chi connectivity index (χ2v) is 7.93. The van der Waals surface area contributed by atoms with Crippen LogP contribution in [0, 0.1) is 0 Å². The zero-order chi connectivity index (χ0) is 16.2. The highest BCUT2D eigenvalue weighted by molar-refractivity contribution is 7.09. The Kier molecular flexibility index (Phi) is 5.81. The lowest BCUT2D eigenvalue weighted by molar-refractivity contribution is 0.0214. The largest absolute Gasteiger partial charge is 0.444 e. The summed E-state index contributed by atoms with van der Waals surface area (Å²) in [5, 5.41) is 3.51. The lowest BCUT2D eigenvalue weighted by atomic mass is 10.1. The van der Waals surface area contributed by atoms with Gasteiger partial charge in [-0.15, -0.1) is 11.3 Å². The van der Waals surface area contributed by atoms with Crippen LogP contribution in [-0.2, 0) is 11.3 Å². The average Bonchev–Trinajstić information content (AvgIpc) is 3.05. The fraction of sp³-hybridized carbons (Fsp3) is 0.750. The molecule has 1 aliphatic heterocycles. The molecule has 1 aromatic heterocycles. The number of aromatic nitrogens is 1. The van der Waals surface area contributed by atoms with E-state index in [0.717, 1.165) is 32.4 Å². The Morgan fingerprint density at radius 3 is 3.00 bits per heavy atom. The van der Waals surface area contributed by atoms with Gasteiger partial charge in [-0.3, -0.25) is 4.98 Å². The number of nitrogens with zero attached hydrogens (tertiary/aromatic N) is 2. The summed E-state index contributed by atoms with van der Waals surface area (Å²) in [5.74, 6) is 0. The summed E-state index contributed by atoms with van der Waals surface area (Å²) in [7, 11) is 0. The molecule has 0 bridgehead atoms. The van der Waals surface area contributed by atoms with Crippen LogP contribution in [0.4, 0.5) is 4.79 Å². The van der Waals surface area contributed by atoms with Crippen molar-refractivity contribution in [1.29, 1.82) is 0 Å². The molecule has 0 radical (unpaired) electrons. The van der Waals surface area contributed by atoms with Gasteiger partial charge < -0.3 is 15.0 Å². The molecule has 1 saturated heterocycles. The highest BCUT2D eigenvalue weighted by atomic mass is 32.1. The molecular formula is C16H27N3O2S. The van der Waals surface area contributed by atoms with Gasteiger partial charge in [0.15, 0.2) is 0 Å². The Morgan fingerprint density at radius 1 is 1.59 bits per heavy atom. The monoisotopic (exact) mass is 325 g/mol. The summed E-state index contributed by atoms with van der Waals surface area (Å²) in [5.41, 5.74) is 1.42. The van der Waals surface area contributed by atoms with E-state index < -0.39 is 5.60 Å². The van der Waals surface area contributed by atoms with Crippen LogP contribution in [0.1, 0.15) is 51.8 Å². The average molecular weight is 325 g/mol. The van der Waals surface area contributed by atoms with E-state index in [-0.39, 0.29) is 12.1 Å². The first-order valence-electron chi connectivity index (χ1n) is 7.95. The molecule has 0 aliphatic carbocycles. The highest BCUT2D eigenvalue weighted by Crippen LogP contribution is 2.24. The molecular weight excluding hydrogens is 298 g/mol. The van der Waals surface area contributed by atoms with Gasteiger partial charge in [0, 0.05) is 36.2 Å². The molecule has 2 rings (SSSR count). The van der Waals surface area contributed by atoms with Gasteiger partial charge in [-0.2, -0.15) is 0 Å². The molecule has 1 N–H and O–H groups in total. The molecule has 1 aliphatic rings. The van der Waals surface area contributed by atoms with Crippen molar-refractivity contribution in [3.63, 3.8) is 0 Å². The second kappa shape index (κ2) is 7.42. The zero-order valence-corrected chi connectivity index (χ0v) is 14.8. The third kappa shape index (κ3) is 5.25. The number of ether oxygens (including phenoxy) is 1. The van der Waals surface area contributed by atoms with Crippen molar-refractivity contribution in [2.75, 3.05) is 6.54 Å². The lowest BCUT2D eigenvalue weighted by Gasteiger charge is -2.30. The molecule has 1 fully saturated rings. The van der Waals surface area contributed by atoms with Crippen molar-refractivity contribution < 1.29 is 9.53 Å². The Morgan fingerprint density at radius 2 is 2.36 bits per heavy atom. The number of nitrogens with one attached hydrogen (secondary N) is 1. The molecule has 5 nitrogen and oxygen atoms in total. The summed E-state index contributed by atoms with van der Waals surface area (Å²) in [4.78, 5) is 19.5. The van der Waals surface area contributed by atoms with Crippen LogP contribution in [0.25, 0.3) is 0 Å². The molecule has 0 aromatic carbocycles. The van der Waals surface area contributed by atoms with Crippen LogP contribution in [0.2, 0.25) is 0 Å². The minimum atomic E-state index is -0.430. The highest BCUT2D eigenvalue weighted by Gasteiger charge is 2.32. The molecule has 0 spiro atoms. The van der Waals surface area contributed by atoms with Crippen LogP contribution in [0.15, 0.2) is 11.7 Å². The van der Waals surface area contributed by atoms with Crippen LogP contribution in [-0.4, -0.2) is 40.2 Å². The van der Waals surface area contributed by atoms with Gasteiger partial charge >= 0.3 is 6.09 Å². The van der Waals surface area contributed by atoms with E-state index in [0.29, 0.717) is 6.04 Å². The minimum Gasteiger partial charge on any atom is -0.444 e. The van der Waals surface area contributed by atoms with Crippen molar-refractivity contribution in [2.45, 2.75) is 71.2 Å². The number of carbonyl (C=O) groups excluding carboxylic acids is 1. The lowest BCUT2D eigenvalue weighted by Crippen LogP contribution is -2.42. The number of carbonyl (C=O) groups is 1. The molecule has 1 aromatic rings. The summed E-state index contributed by atoms with van der Waals surface area (Å²) >= 11 is 1.66. The maximum atomic E-state index is 12.3. The van der Waals surface area contributed by atoms with Gasteiger partial charge in [-0.25, -0.2) is 4.79 Å². The summed E-state index contributed by atoms with van der Waals surface area (Å²) in [6.45, 7) is 9.55. The normalized spacial score (nSPS) is 20.2. The van der Waals surface area contributed by atoms with Gasteiger partial charge in [-0.05, 0) is 47.0 Å².